The van der Waals surface area contributed by atoms with Gasteiger partial charge in [0.15, 0.2) is 0 Å². The number of rotatable bonds is 1. The Labute approximate surface area is 110 Å². The first-order chi connectivity index (χ1) is 8.75. The molecule has 1 aromatic rings. The van der Waals surface area contributed by atoms with Crippen LogP contribution in [0.1, 0.15) is 30.0 Å². The summed E-state index contributed by atoms with van der Waals surface area (Å²) in [4.78, 5) is 4.91. The monoisotopic (exact) mass is 245 g/mol. The van der Waals surface area contributed by atoms with Gasteiger partial charge in [-0.15, -0.1) is 0 Å². The molecule has 1 aliphatic heterocycles. The molecule has 1 heterocycles. The van der Waals surface area contributed by atoms with Gasteiger partial charge in [-0.1, -0.05) is 12.1 Å². The van der Waals surface area contributed by atoms with Gasteiger partial charge in [0, 0.05) is 37.9 Å². The summed E-state index contributed by atoms with van der Waals surface area (Å²) in [7, 11) is 2.20. The summed E-state index contributed by atoms with van der Waals surface area (Å²) in [5, 5.41) is 0. The highest BCUT2D eigenvalue weighted by molar-refractivity contribution is 5.59. The number of benzene rings is 1. The number of piperazine rings is 1. The van der Waals surface area contributed by atoms with E-state index < -0.39 is 0 Å². The molecule has 3 heteroatoms. The van der Waals surface area contributed by atoms with Gasteiger partial charge in [-0.05, 0) is 43.5 Å². The van der Waals surface area contributed by atoms with E-state index in [9.17, 15) is 0 Å². The minimum Gasteiger partial charge on any atom is -0.369 e. The lowest BCUT2D eigenvalue weighted by atomic mass is 9.86. The maximum absolute atomic E-state index is 6.34. The molecule has 1 atom stereocenters. The fourth-order valence-corrected chi connectivity index (χ4v) is 3.23. The molecule has 18 heavy (non-hydrogen) atoms. The van der Waals surface area contributed by atoms with Crippen LogP contribution in [-0.4, -0.2) is 38.1 Å². The SMILES string of the molecule is CN1CCN(c2cccc3c2[C@H](N)CCC3)CC1. The largest absolute Gasteiger partial charge is 0.369 e. The first kappa shape index (κ1) is 12.0. The predicted molar refractivity (Wildman–Crippen MR) is 76.0 cm³/mol. The molecule has 0 aromatic heterocycles. The van der Waals surface area contributed by atoms with Gasteiger partial charge in [-0.3, -0.25) is 0 Å². The van der Waals surface area contributed by atoms with Crippen molar-refractivity contribution in [3.05, 3.63) is 29.3 Å². The lowest BCUT2D eigenvalue weighted by Crippen LogP contribution is -2.45. The third-order valence-electron chi connectivity index (χ3n) is 4.35. The van der Waals surface area contributed by atoms with Gasteiger partial charge in [0.1, 0.15) is 0 Å². The van der Waals surface area contributed by atoms with Crippen molar-refractivity contribution in [2.75, 3.05) is 38.1 Å². The van der Waals surface area contributed by atoms with Crippen LogP contribution in [0.4, 0.5) is 5.69 Å². The molecule has 3 nitrogen and oxygen atoms in total. The van der Waals surface area contributed by atoms with Gasteiger partial charge in [-0.2, -0.15) is 0 Å². The number of fused-ring (bicyclic) bond motifs is 1. The van der Waals surface area contributed by atoms with E-state index in [1.165, 1.54) is 29.7 Å². The molecule has 0 saturated carbocycles. The topological polar surface area (TPSA) is 32.5 Å². The highest BCUT2D eigenvalue weighted by Crippen LogP contribution is 2.35. The van der Waals surface area contributed by atoms with Crippen molar-refractivity contribution >= 4 is 5.69 Å². The van der Waals surface area contributed by atoms with Gasteiger partial charge in [-0.25, -0.2) is 0 Å². The van der Waals surface area contributed by atoms with E-state index in [0.717, 1.165) is 32.6 Å². The van der Waals surface area contributed by atoms with Crippen LogP contribution in [-0.2, 0) is 6.42 Å². The van der Waals surface area contributed by atoms with E-state index in [-0.39, 0.29) is 6.04 Å². The van der Waals surface area contributed by atoms with Gasteiger partial charge < -0.3 is 15.5 Å². The number of nitrogens with two attached hydrogens (primary N) is 1. The van der Waals surface area contributed by atoms with Crippen molar-refractivity contribution in [1.29, 1.82) is 0 Å². The average Bonchev–Trinajstić information content (AvgIpc) is 2.39. The van der Waals surface area contributed by atoms with Crippen molar-refractivity contribution in [2.45, 2.75) is 25.3 Å². The minimum atomic E-state index is 0.240. The Morgan fingerprint density at radius 1 is 1.17 bits per heavy atom. The number of hydrogen-bond donors (Lipinski definition) is 1. The first-order valence-electron chi connectivity index (χ1n) is 7.06. The Hall–Kier alpha value is -1.06. The second-order valence-electron chi connectivity index (χ2n) is 5.64. The predicted octanol–water partition coefficient (Wildman–Crippen LogP) is 1.77. The van der Waals surface area contributed by atoms with Crippen LogP contribution >= 0.6 is 0 Å². The van der Waals surface area contributed by atoms with Crippen LogP contribution in [0.15, 0.2) is 18.2 Å². The van der Waals surface area contributed by atoms with Crippen molar-refractivity contribution in [1.82, 2.24) is 4.90 Å². The van der Waals surface area contributed by atoms with Crippen molar-refractivity contribution < 1.29 is 0 Å². The molecule has 2 N–H and O–H groups in total. The number of likely N-dealkylation sites (N-methyl/N-ethyl adjacent to an activating group) is 1. The molecular weight excluding hydrogens is 222 g/mol. The molecule has 2 aliphatic rings. The van der Waals surface area contributed by atoms with Gasteiger partial charge in [0.2, 0.25) is 0 Å². The number of anilines is 1. The van der Waals surface area contributed by atoms with E-state index in [0.29, 0.717) is 0 Å². The molecule has 1 aromatic carbocycles. The summed E-state index contributed by atoms with van der Waals surface area (Å²) >= 11 is 0. The normalized spacial score (nSPS) is 25.0. The van der Waals surface area contributed by atoms with Crippen molar-refractivity contribution in [2.24, 2.45) is 5.73 Å². The molecule has 3 rings (SSSR count). The molecule has 0 bridgehead atoms. The first-order valence-corrected chi connectivity index (χ1v) is 7.06. The minimum absolute atomic E-state index is 0.240. The quantitative estimate of drug-likeness (QED) is 0.818. The fraction of sp³-hybridized carbons (Fsp3) is 0.600. The highest BCUT2D eigenvalue weighted by atomic mass is 15.2. The molecular formula is C15H23N3. The molecule has 0 unspecified atom stereocenters. The number of hydrogen-bond acceptors (Lipinski definition) is 3. The maximum Gasteiger partial charge on any atom is 0.0418 e. The summed E-state index contributed by atoms with van der Waals surface area (Å²) in [6.07, 6.45) is 3.57. The van der Waals surface area contributed by atoms with Crippen LogP contribution in [0.2, 0.25) is 0 Å². The summed E-state index contributed by atoms with van der Waals surface area (Å²) < 4.78 is 0. The molecule has 98 valence electrons. The Balaban J connectivity index is 1.92. The third kappa shape index (κ3) is 2.13. The summed E-state index contributed by atoms with van der Waals surface area (Å²) in [6.45, 7) is 4.55. The van der Waals surface area contributed by atoms with E-state index in [2.05, 4.69) is 35.0 Å². The highest BCUT2D eigenvalue weighted by Gasteiger charge is 2.24. The van der Waals surface area contributed by atoms with E-state index in [4.69, 9.17) is 5.73 Å². The van der Waals surface area contributed by atoms with E-state index in [1.54, 1.807) is 0 Å². The van der Waals surface area contributed by atoms with Crippen LogP contribution in [0.5, 0.6) is 0 Å². The lowest BCUT2D eigenvalue weighted by Gasteiger charge is -2.37. The molecule has 1 fully saturated rings. The molecule has 1 aliphatic carbocycles. The lowest BCUT2D eigenvalue weighted by molar-refractivity contribution is 0.312. The Kier molecular flexibility index (Phi) is 3.27. The number of aryl methyl sites for hydroxylation is 1. The second-order valence-corrected chi connectivity index (χ2v) is 5.64. The van der Waals surface area contributed by atoms with Gasteiger partial charge in [0.25, 0.3) is 0 Å². The summed E-state index contributed by atoms with van der Waals surface area (Å²) in [6, 6.07) is 6.96. The number of nitrogens with zero attached hydrogens (tertiary/aromatic N) is 2. The van der Waals surface area contributed by atoms with E-state index >= 15 is 0 Å². The fourth-order valence-electron chi connectivity index (χ4n) is 3.23. The van der Waals surface area contributed by atoms with Crippen molar-refractivity contribution in [3.63, 3.8) is 0 Å². The van der Waals surface area contributed by atoms with Gasteiger partial charge in [0.05, 0.1) is 0 Å². The second kappa shape index (κ2) is 4.90. The molecule has 1 saturated heterocycles. The van der Waals surface area contributed by atoms with Crippen LogP contribution in [0.25, 0.3) is 0 Å². The average molecular weight is 245 g/mol. The summed E-state index contributed by atoms with van der Waals surface area (Å²) in [5.41, 5.74) is 10.6. The van der Waals surface area contributed by atoms with E-state index in [1.807, 2.05) is 0 Å². The molecule has 0 spiro atoms. The standard InChI is InChI=1S/C15H23N3/c1-17-8-10-18(11-9-17)14-7-3-5-12-4-2-6-13(16)15(12)14/h3,5,7,13H,2,4,6,8-11,16H2,1H3/t13-/m1/s1. The Morgan fingerprint density at radius 2 is 1.94 bits per heavy atom. The summed E-state index contributed by atoms with van der Waals surface area (Å²) in [5.74, 6) is 0. The van der Waals surface area contributed by atoms with Crippen LogP contribution < -0.4 is 10.6 Å². The zero-order valence-electron chi connectivity index (χ0n) is 11.2. The maximum atomic E-state index is 6.34. The molecule has 0 amide bonds. The Morgan fingerprint density at radius 3 is 2.72 bits per heavy atom. The van der Waals surface area contributed by atoms with Crippen molar-refractivity contribution in [3.8, 4) is 0 Å². The Bertz CT molecular complexity index is 422. The zero-order chi connectivity index (χ0) is 12.5. The third-order valence-corrected chi connectivity index (χ3v) is 4.35. The van der Waals surface area contributed by atoms with Crippen LogP contribution in [0.3, 0.4) is 0 Å². The smallest absolute Gasteiger partial charge is 0.0418 e. The zero-order valence-corrected chi connectivity index (χ0v) is 11.2. The van der Waals surface area contributed by atoms with Gasteiger partial charge >= 0.3 is 0 Å². The molecule has 0 radical (unpaired) electrons. The van der Waals surface area contributed by atoms with Crippen LogP contribution in [0, 0.1) is 0 Å².